The van der Waals surface area contributed by atoms with Gasteiger partial charge in [0.15, 0.2) is 11.5 Å². The highest BCUT2D eigenvalue weighted by molar-refractivity contribution is 7.89. The van der Waals surface area contributed by atoms with E-state index in [4.69, 9.17) is 14.2 Å². The molecule has 0 aliphatic carbocycles. The Kier molecular flexibility index (Phi) is 5.92. The van der Waals surface area contributed by atoms with Gasteiger partial charge in [0, 0.05) is 19.2 Å². The molecule has 7 heteroatoms. The fraction of sp³-hybridized carbons (Fsp3) is 0.333. The second-order valence-corrected chi connectivity index (χ2v) is 7.58. The molecule has 0 amide bonds. The van der Waals surface area contributed by atoms with Crippen molar-refractivity contribution in [3.63, 3.8) is 0 Å². The first-order valence-corrected chi connectivity index (χ1v) is 9.10. The summed E-state index contributed by atoms with van der Waals surface area (Å²) < 4.78 is 43.1. The average molecular weight is 365 g/mol. The molecular weight excluding hydrogens is 342 g/mol. The summed E-state index contributed by atoms with van der Waals surface area (Å²) >= 11 is 0. The number of methoxy groups -OCH3 is 3. The maximum absolute atomic E-state index is 13.0. The molecule has 136 valence electrons. The molecule has 0 radical (unpaired) electrons. The topological polar surface area (TPSA) is 65.1 Å². The molecule has 0 fully saturated rings. The van der Waals surface area contributed by atoms with Gasteiger partial charge in [0.25, 0.3) is 0 Å². The zero-order valence-corrected chi connectivity index (χ0v) is 15.9. The van der Waals surface area contributed by atoms with Crippen LogP contribution in [0.25, 0.3) is 0 Å². The first kappa shape index (κ1) is 19.1. The van der Waals surface area contributed by atoms with E-state index in [2.05, 4.69) is 0 Å². The van der Waals surface area contributed by atoms with E-state index >= 15 is 0 Å². The van der Waals surface area contributed by atoms with Gasteiger partial charge >= 0.3 is 0 Å². The number of para-hydroxylation sites is 1. The maximum atomic E-state index is 13.0. The minimum Gasteiger partial charge on any atom is -0.495 e. The molecular formula is C18H23NO5S. The van der Waals surface area contributed by atoms with Gasteiger partial charge in [-0.05, 0) is 30.7 Å². The highest BCUT2D eigenvalue weighted by Crippen LogP contribution is 2.33. The van der Waals surface area contributed by atoms with Crippen molar-refractivity contribution in [3.8, 4) is 17.2 Å². The van der Waals surface area contributed by atoms with Crippen molar-refractivity contribution < 1.29 is 22.6 Å². The van der Waals surface area contributed by atoms with Crippen molar-refractivity contribution in [2.45, 2.75) is 18.4 Å². The highest BCUT2D eigenvalue weighted by atomic mass is 32.2. The molecule has 0 N–H and O–H groups in total. The fourth-order valence-corrected chi connectivity index (χ4v) is 3.94. The number of rotatable bonds is 7. The van der Waals surface area contributed by atoms with Crippen molar-refractivity contribution in [1.29, 1.82) is 0 Å². The van der Waals surface area contributed by atoms with Crippen LogP contribution in [-0.4, -0.2) is 41.1 Å². The first-order chi connectivity index (χ1) is 11.8. The minimum absolute atomic E-state index is 0.138. The van der Waals surface area contributed by atoms with E-state index in [1.54, 1.807) is 37.4 Å². The van der Waals surface area contributed by atoms with Crippen LogP contribution in [0.1, 0.15) is 11.1 Å². The van der Waals surface area contributed by atoms with Crippen molar-refractivity contribution in [2.75, 3.05) is 28.4 Å². The van der Waals surface area contributed by atoms with Gasteiger partial charge in [0.1, 0.15) is 10.6 Å². The van der Waals surface area contributed by atoms with Crippen LogP contribution >= 0.6 is 0 Å². The van der Waals surface area contributed by atoms with Gasteiger partial charge in [-0.25, -0.2) is 8.42 Å². The van der Waals surface area contributed by atoms with Crippen molar-refractivity contribution in [2.24, 2.45) is 0 Å². The lowest BCUT2D eigenvalue weighted by molar-refractivity contribution is 0.347. The maximum Gasteiger partial charge on any atom is 0.246 e. The van der Waals surface area contributed by atoms with Crippen LogP contribution in [-0.2, 0) is 16.6 Å². The van der Waals surface area contributed by atoms with Crippen LogP contribution in [0.5, 0.6) is 17.2 Å². The third-order valence-corrected chi connectivity index (χ3v) is 5.71. The molecule has 0 saturated heterocycles. The predicted molar refractivity (Wildman–Crippen MR) is 95.9 cm³/mol. The Labute approximate surface area is 149 Å². The van der Waals surface area contributed by atoms with Crippen LogP contribution in [0.15, 0.2) is 41.3 Å². The SMILES string of the molecule is COc1ccc(C)cc1S(=O)(=O)N(C)Cc1cccc(OC)c1OC. The van der Waals surface area contributed by atoms with E-state index in [9.17, 15) is 8.42 Å². The van der Waals surface area contributed by atoms with Crippen molar-refractivity contribution >= 4 is 10.0 Å². The summed E-state index contributed by atoms with van der Waals surface area (Å²) in [5.74, 6) is 1.39. The second kappa shape index (κ2) is 7.76. The Hall–Kier alpha value is -2.25. The van der Waals surface area contributed by atoms with Gasteiger partial charge < -0.3 is 14.2 Å². The molecule has 0 heterocycles. The van der Waals surface area contributed by atoms with Gasteiger partial charge in [-0.15, -0.1) is 0 Å². The summed E-state index contributed by atoms with van der Waals surface area (Å²) in [6, 6.07) is 10.4. The van der Waals surface area contributed by atoms with Crippen LogP contribution in [0, 0.1) is 6.92 Å². The Morgan fingerprint density at radius 1 is 0.960 bits per heavy atom. The molecule has 0 atom stereocenters. The molecule has 0 aromatic heterocycles. The largest absolute Gasteiger partial charge is 0.495 e. The molecule has 0 bridgehead atoms. The molecule has 0 unspecified atom stereocenters. The average Bonchev–Trinajstić information content (AvgIpc) is 2.61. The van der Waals surface area contributed by atoms with E-state index in [-0.39, 0.29) is 11.4 Å². The standard InChI is InChI=1S/C18H23NO5S/c1-13-9-10-15(22-3)17(11-13)25(20,21)19(2)12-14-7-6-8-16(23-4)18(14)24-5/h6-11H,12H2,1-5H3. The van der Waals surface area contributed by atoms with E-state index in [1.807, 2.05) is 13.0 Å². The molecule has 2 rings (SSSR count). The quantitative estimate of drug-likeness (QED) is 0.755. The third kappa shape index (κ3) is 3.88. The molecule has 2 aromatic rings. The lowest BCUT2D eigenvalue weighted by atomic mass is 10.2. The summed E-state index contributed by atoms with van der Waals surface area (Å²) in [7, 11) is 2.31. The van der Waals surface area contributed by atoms with E-state index < -0.39 is 10.0 Å². The molecule has 0 aliphatic heterocycles. The molecule has 0 aliphatic rings. The predicted octanol–water partition coefficient (Wildman–Crippen LogP) is 2.84. The number of ether oxygens (including phenoxy) is 3. The summed E-state index contributed by atoms with van der Waals surface area (Å²) in [6.45, 7) is 1.98. The van der Waals surface area contributed by atoms with Gasteiger partial charge in [0.2, 0.25) is 10.0 Å². The van der Waals surface area contributed by atoms with Gasteiger partial charge in [-0.1, -0.05) is 18.2 Å². The van der Waals surface area contributed by atoms with Crippen molar-refractivity contribution in [1.82, 2.24) is 4.31 Å². The van der Waals surface area contributed by atoms with Gasteiger partial charge in [-0.3, -0.25) is 0 Å². The molecule has 25 heavy (non-hydrogen) atoms. The Bertz CT molecular complexity index is 849. The van der Waals surface area contributed by atoms with Crippen LogP contribution < -0.4 is 14.2 Å². The number of benzene rings is 2. The Morgan fingerprint density at radius 3 is 2.24 bits per heavy atom. The third-order valence-electron chi connectivity index (χ3n) is 3.88. The molecule has 0 saturated carbocycles. The molecule has 2 aromatic carbocycles. The monoisotopic (exact) mass is 365 g/mol. The smallest absolute Gasteiger partial charge is 0.246 e. The highest BCUT2D eigenvalue weighted by Gasteiger charge is 2.26. The summed E-state index contributed by atoms with van der Waals surface area (Å²) in [5, 5.41) is 0. The zero-order chi connectivity index (χ0) is 18.6. The summed E-state index contributed by atoms with van der Waals surface area (Å²) in [6.07, 6.45) is 0. The summed E-state index contributed by atoms with van der Waals surface area (Å²) in [4.78, 5) is 0.138. The molecule has 0 spiro atoms. The Balaban J connectivity index is 2.41. The van der Waals surface area contributed by atoms with Crippen LogP contribution in [0.2, 0.25) is 0 Å². The lowest BCUT2D eigenvalue weighted by Crippen LogP contribution is -2.27. The van der Waals surface area contributed by atoms with Gasteiger partial charge in [-0.2, -0.15) is 4.31 Å². The number of hydrogen-bond acceptors (Lipinski definition) is 5. The normalized spacial score (nSPS) is 11.4. The van der Waals surface area contributed by atoms with Crippen molar-refractivity contribution in [3.05, 3.63) is 47.5 Å². The number of aryl methyl sites for hydroxylation is 1. The molecule has 6 nitrogen and oxygen atoms in total. The number of nitrogens with zero attached hydrogens (tertiary/aromatic N) is 1. The summed E-state index contributed by atoms with van der Waals surface area (Å²) in [5.41, 5.74) is 1.55. The van der Waals surface area contributed by atoms with E-state index in [0.717, 1.165) is 5.56 Å². The van der Waals surface area contributed by atoms with Gasteiger partial charge in [0.05, 0.1) is 21.3 Å². The fourth-order valence-electron chi connectivity index (χ4n) is 2.56. The number of sulfonamides is 1. The lowest BCUT2D eigenvalue weighted by Gasteiger charge is -2.21. The number of hydrogen-bond donors (Lipinski definition) is 0. The van der Waals surface area contributed by atoms with Crippen LogP contribution in [0.4, 0.5) is 0 Å². The minimum atomic E-state index is -3.74. The first-order valence-electron chi connectivity index (χ1n) is 7.66. The van der Waals surface area contributed by atoms with E-state index in [1.165, 1.54) is 25.6 Å². The Morgan fingerprint density at radius 2 is 1.64 bits per heavy atom. The van der Waals surface area contributed by atoms with E-state index in [0.29, 0.717) is 22.8 Å². The second-order valence-electron chi connectivity index (χ2n) is 5.57. The zero-order valence-electron chi connectivity index (χ0n) is 15.1. The van der Waals surface area contributed by atoms with Crippen LogP contribution in [0.3, 0.4) is 0 Å².